The van der Waals surface area contributed by atoms with E-state index in [9.17, 15) is 5.11 Å². The van der Waals surface area contributed by atoms with Crippen molar-refractivity contribution < 1.29 is 9.68 Å². The molecule has 2 aromatic carbocycles. The van der Waals surface area contributed by atoms with Gasteiger partial charge in [0.15, 0.2) is 6.54 Å². The molecule has 0 saturated heterocycles. The second kappa shape index (κ2) is 6.75. The predicted molar refractivity (Wildman–Crippen MR) is 110 cm³/mol. The van der Waals surface area contributed by atoms with Gasteiger partial charge in [-0.15, -0.1) is 0 Å². The van der Waals surface area contributed by atoms with Gasteiger partial charge in [-0.2, -0.15) is 0 Å². The molecule has 2 heterocycles. The summed E-state index contributed by atoms with van der Waals surface area (Å²) in [6, 6.07) is 14.9. The van der Waals surface area contributed by atoms with E-state index in [0.29, 0.717) is 6.54 Å². The number of aryl methyl sites for hydroxylation is 2. The molecule has 2 aliphatic heterocycles. The average Bonchev–Trinajstić information content (AvgIpc) is 2.98. The molecule has 1 unspecified atom stereocenters. The Labute approximate surface area is 160 Å². The van der Waals surface area contributed by atoms with Gasteiger partial charge in [0, 0.05) is 11.3 Å². The second-order valence-electron chi connectivity index (χ2n) is 7.31. The Morgan fingerprint density at radius 2 is 1.92 bits per heavy atom. The van der Waals surface area contributed by atoms with Crippen LogP contribution in [0.4, 0.5) is 5.69 Å². The topological polar surface area (TPSA) is 26.5 Å². The van der Waals surface area contributed by atoms with Gasteiger partial charge in [0.1, 0.15) is 5.69 Å². The number of nitrogens with zero attached hydrogens (tertiary/aromatic N) is 2. The smallest absolute Gasteiger partial charge is 0.316 e. The summed E-state index contributed by atoms with van der Waals surface area (Å²) in [5.41, 5.74) is 5.11. The fourth-order valence-corrected chi connectivity index (χ4v) is 5.14. The van der Waals surface area contributed by atoms with Crippen molar-refractivity contribution >= 4 is 22.6 Å². The predicted octanol–water partition coefficient (Wildman–Crippen LogP) is 4.04. The van der Waals surface area contributed by atoms with Gasteiger partial charge in [0.25, 0.3) is 5.72 Å². The number of amidine groups is 1. The highest BCUT2D eigenvalue weighted by Gasteiger charge is 2.53. The minimum Gasteiger partial charge on any atom is -0.346 e. The zero-order valence-corrected chi connectivity index (χ0v) is 16.6. The molecule has 2 aromatic rings. The molecule has 0 radical (unpaired) electrons. The molecule has 0 spiro atoms. The highest BCUT2D eigenvalue weighted by molar-refractivity contribution is 8.13. The third-order valence-electron chi connectivity index (χ3n) is 5.74. The molecular formula is C22H27N2OS+. The summed E-state index contributed by atoms with van der Waals surface area (Å²) >= 11 is 1.86. The third-order valence-corrected chi connectivity index (χ3v) is 6.93. The molecular weight excluding hydrogens is 340 g/mol. The molecule has 0 aliphatic carbocycles. The lowest BCUT2D eigenvalue weighted by Gasteiger charge is -2.24. The summed E-state index contributed by atoms with van der Waals surface area (Å²) in [5.74, 6) is 1.11. The number of rotatable bonds is 3. The summed E-state index contributed by atoms with van der Waals surface area (Å²) in [7, 11) is 0. The van der Waals surface area contributed by atoms with E-state index in [1.54, 1.807) is 0 Å². The van der Waals surface area contributed by atoms with Crippen molar-refractivity contribution in [3.8, 4) is 0 Å². The van der Waals surface area contributed by atoms with Crippen LogP contribution in [0.2, 0.25) is 0 Å². The van der Waals surface area contributed by atoms with E-state index < -0.39 is 5.72 Å². The number of hydrogen-bond acceptors (Lipinski definition) is 3. The first-order valence-electron chi connectivity index (χ1n) is 9.47. The van der Waals surface area contributed by atoms with Crippen LogP contribution in [0.1, 0.15) is 35.6 Å². The minimum absolute atomic E-state index is 0.575. The van der Waals surface area contributed by atoms with Crippen LogP contribution in [0.3, 0.4) is 0 Å². The molecule has 1 atom stereocenters. The summed E-state index contributed by atoms with van der Waals surface area (Å²) in [5, 5.41) is 13.0. The normalized spacial score (nSPS) is 22.7. The van der Waals surface area contributed by atoms with Crippen LogP contribution in [-0.4, -0.2) is 33.7 Å². The zero-order valence-electron chi connectivity index (χ0n) is 15.8. The molecule has 0 amide bonds. The highest BCUT2D eigenvalue weighted by atomic mass is 32.2. The number of aliphatic hydroxyl groups is 1. The van der Waals surface area contributed by atoms with Crippen molar-refractivity contribution in [3.63, 3.8) is 0 Å². The van der Waals surface area contributed by atoms with Crippen LogP contribution in [-0.2, 0) is 12.1 Å². The van der Waals surface area contributed by atoms with Gasteiger partial charge in [0.2, 0.25) is 0 Å². The molecule has 26 heavy (non-hydrogen) atoms. The van der Waals surface area contributed by atoms with Crippen molar-refractivity contribution in [2.75, 3.05) is 23.7 Å². The van der Waals surface area contributed by atoms with Gasteiger partial charge in [-0.1, -0.05) is 43.3 Å². The molecule has 4 rings (SSSR count). The number of β-amino-alcohol motifs (C(OH)–C–C–N with tert-alkyl or cyclic N) is 1. The largest absolute Gasteiger partial charge is 0.346 e. The van der Waals surface area contributed by atoms with Gasteiger partial charge in [-0.05, 0) is 61.2 Å². The maximum atomic E-state index is 11.8. The van der Waals surface area contributed by atoms with Crippen molar-refractivity contribution in [2.24, 2.45) is 0 Å². The van der Waals surface area contributed by atoms with E-state index in [1.807, 2.05) is 11.8 Å². The van der Waals surface area contributed by atoms with Gasteiger partial charge in [-0.25, -0.2) is 9.48 Å². The standard InChI is InChI=1S/C22H27N2OS/c1-4-18-9-11-19(12-10-18)22(25)15-23(21-24(22)13-6-14-26-21)20-8-5-7-16(2)17(20)3/h5,7-12,25H,4,6,13-15H2,1-3H3/q+1. The zero-order chi connectivity index (χ0) is 18.3. The van der Waals surface area contributed by atoms with Crippen molar-refractivity contribution in [3.05, 3.63) is 64.7 Å². The van der Waals surface area contributed by atoms with Crippen LogP contribution in [0.15, 0.2) is 42.5 Å². The summed E-state index contributed by atoms with van der Waals surface area (Å²) in [4.78, 5) is 2.32. The first-order chi connectivity index (χ1) is 12.5. The molecule has 0 aromatic heterocycles. The molecule has 0 fully saturated rings. The Bertz CT molecular complexity index is 859. The van der Waals surface area contributed by atoms with E-state index in [1.165, 1.54) is 27.5 Å². The Hall–Kier alpha value is -1.78. The summed E-state index contributed by atoms with van der Waals surface area (Å²) in [6.07, 6.45) is 2.12. The van der Waals surface area contributed by atoms with Crippen LogP contribution in [0.5, 0.6) is 0 Å². The number of thioether (sulfide) groups is 1. The quantitative estimate of drug-likeness (QED) is 0.830. The van der Waals surface area contributed by atoms with Crippen molar-refractivity contribution in [1.29, 1.82) is 0 Å². The number of hydrogen-bond donors (Lipinski definition) is 1. The average molecular weight is 368 g/mol. The Morgan fingerprint density at radius 3 is 2.65 bits per heavy atom. The monoisotopic (exact) mass is 367 g/mol. The molecule has 4 heteroatoms. The Kier molecular flexibility index (Phi) is 4.57. The number of benzene rings is 2. The van der Waals surface area contributed by atoms with E-state index in [2.05, 4.69) is 72.7 Å². The lowest BCUT2D eigenvalue weighted by molar-refractivity contribution is -0.656. The molecule has 2 aliphatic rings. The molecule has 1 N–H and O–H groups in total. The van der Waals surface area contributed by atoms with E-state index >= 15 is 0 Å². The highest BCUT2D eigenvalue weighted by Crippen LogP contribution is 2.39. The van der Waals surface area contributed by atoms with E-state index in [0.717, 1.165) is 30.7 Å². The Balaban J connectivity index is 1.80. The summed E-state index contributed by atoms with van der Waals surface area (Å²) in [6.45, 7) is 7.97. The van der Waals surface area contributed by atoms with Gasteiger partial charge in [0.05, 0.1) is 6.54 Å². The van der Waals surface area contributed by atoms with Crippen LogP contribution < -0.4 is 4.90 Å². The van der Waals surface area contributed by atoms with Crippen molar-refractivity contribution in [1.82, 2.24) is 0 Å². The molecule has 3 nitrogen and oxygen atoms in total. The summed E-state index contributed by atoms with van der Waals surface area (Å²) < 4.78 is 2.21. The third kappa shape index (κ3) is 2.76. The fraction of sp³-hybridized carbons (Fsp3) is 0.409. The van der Waals surface area contributed by atoms with E-state index in [-0.39, 0.29) is 0 Å². The first kappa shape index (κ1) is 17.6. The first-order valence-corrected chi connectivity index (χ1v) is 10.5. The van der Waals surface area contributed by atoms with Gasteiger partial charge in [-0.3, -0.25) is 0 Å². The van der Waals surface area contributed by atoms with Gasteiger partial charge >= 0.3 is 5.17 Å². The lowest BCUT2D eigenvalue weighted by atomic mass is 9.99. The van der Waals surface area contributed by atoms with Crippen LogP contribution in [0, 0.1) is 13.8 Å². The fourth-order valence-electron chi connectivity index (χ4n) is 3.97. The lowest BCUT2D eigenvalue weighted by Crippen LogP contribution is -2.41. The Morgan fingerprint density at radius 1 is 1.15 bits per heavy atom. The van der Waals surface area contributed by atoms with Crippen molar-refractivity contribution in [2.45, 2.75) is 39.3 Å². The van der Waals surface area contributed by atoms with Gasteiger partial charge < -0.3 is 5.11 Å². The van der Waals surface area contributed by atoms with Crippen LogP contribution >= 0.6 is 11.8 Å². The molecule has 136 valence electrons. The second-order valence-corrected chi connectivity index (χ2v) is 8.37. The maximum absolute atomic E-state index is 11.8. The minimum atomic E-state index is -0.967. The van der Waals surface area contributed by atoms with Crippen LogP contribution in [0.25, 0.3) is 0 Å². The number of anilines is 1. The molecule has 0 saturated carbocycles. The molecule has 0 bridgehead atoms. The van der Waals surface area contributed by atoms with E-state index in [4.69, 9.17) is 0 Å². The SMILES string of the molecule is CCc1ccc(C2(O)CN(c3cccc(C)c3C)C3=[N+]2CCCS3)cc1. The maximum Gasteiger partial charge on any atom is 0.316 e.